The number of carbonyl (C=O) groups excluding carboxylic acids is 2. The van der Waals surface area contributed by atoms with Crippen LogP contribution in [0.2, 0.25) is 0 Å². The van der Waals surface area contributed by atoms with E-state index in [1.54, 1.807) is 37.3 Å². The highest BCUT2D eigenvalue weighted by atomic mass is 16.3. The number of phenols is 2. The monoisotopic (exact) mass is 341 g/mol. The van der Waals surface area contributed by atoms with E-state index in [4.69, 9.17) is 0 Å². The first-order chi connectivity index (χ1) is 11.8. The predicted octanol–water partition coefficient (Wildman–Crippen LogP) is 3.36. The van der Waals surface area contributed by atoms with Crippen molar-refractivity contribution in [1.82, 2.24) is 5.32 Å². The molecule has 5 nitrogen and oxygen atoms in total. The standard InChI is InChI=1S/C20H23NO4/c1-12(2)19(24)16-7-5-15(6-8-16)13(3)20(25)21-11-14-4-9-17(22)18(23)10-14/h4-10,12-13,22-23H,11H2,1-3H3,(H,21,25). The molecule has 132 valence electrons. The van der Waals surface area contributed by atoms with Gasteiger partial charge in [-0.2, -0.15) is 0 Å². The number of nitrogens with one attached hydrogen (secondary N) is 1. The van der Waals surface area contributed by atoms with Crippen LogP contribution in [0.15, 0.2) is 42.5 Å². The van der Waals surface area contributed by atoms with Crippen molar-refractivity contribution in [1.29, 1.82) is 0 Å². The normalized spacial score (nSPS) is 12.0. The van der Waals surface area contributed by atoms with Gasteiger partial charge in [-0.1, -0.05) is 44.2 Å². The third-order valence-corrected chi connectivity index (χ3v) is 4.12. The summed E-state index contributed by atoms with van der Waals surface area (Å²) < 4.78 is 0. The Labute approximate surface area is 147 Å². The Hall–Kier alpha value is -2.82. The molecule has 3 N–H and O–H groups in total. The van der Waals surface area contributed by atoms with Gasteiger partial charge in [0.15, 0.2) is 17.3 Å². The van der Waals surface area contributed by atoms with E-state index in [0.29, 0.717) is 11.1 Å². The molecule has 0 radical (unpaired) electrons. The molecule has 0 fully saturated rings. The van der Waals surface area contributed by atoms with E-state index < -0.39 is 0 Å². The number of hydrogen-bond acceptors (Lipinski definition) is 4. The summed E-state index contributed by atoms with van der Waals surface area (Å²) in [5.74, 6) is -0.918. The predicted molar refractivity (Wildman–Crippen MR) is 95.6 cm³/mol. The fraction of sp³-hybridized carbons (Fsp3) is 0.300. The second-order valence-electron chi connectivity index (χ2n) is 6.40. The average molecular weight is 341 g/mol. The molecule has 0 bridgehead atoms. The summed E-state index contributed by atoms with van der Waals surface area (Å²) in [7, 11) is 0. The molecule has 0 saturated carbocycles. The Kier molecular flexibility index (Phi) is 5.80. The summed E-state index contributed by atoms with van der Waals surface area (Å²) in [4.78, 5) is 24.3. The van der Waals surface area contributed by atoms with Crippen molar-refractivity contribution in [3.8, 4) is 11.5 Å². The molecule has 2 rings (SSSR count). The van der Waals surface area contributed by atoms with Crippen LogP contribution < -0.4 is 5.32 Å². The van der Waals surface area contributed by atoms with Gasteiger partial charge in [-0.15, -0.1) is 0 Å². The van der Waals surface area contributed by atoms with Crippen LogP contribution in [0.25, 0.3) is 0 Å². The molecule has 1 amide bonds. The van der Waals surface area contributed by atoms with Gasteiger partial charge in [0.05, 0.1) is 5.92 Å². The lowest BCUT2D eigenvalue weighted by molar-refractivity contribution is -0.122. The minimum absolute atomic E-state index is 0.0618. The molecule has 0 aliphatic heterocycles. The number of rotatable bonds is 6. The van der Waals surface area contributed by atoms with Crippen LogP contribution in [0.1, 0.15) is 48.2 Å². The first-order valence-corrected chi connectivity index (χ1v) is 8.22. The third-order valence-electron chi connectivity index (χ3n) is 4.12. The van der Waals surface area contributed by atoms with E-state index in [1.165, 1.54) is 12.1 Å². The number of benzene rings is 2. The zero-order valence-corrected chi connectivity index (χ0v) is 14.6. The van der Waals surface area contributed by atoms with Crippen molar-refractivity contribution in [3.05, 3.63) is 59.2 Å². The van der Waals surface area contributed by atoms with Gasteiger partial charge in [-0.25, -0.2) is 0 Å². The summed E-state index contributed by atoms with van der Waals surface area (Å²) >= 11 is 0. The fourth-order valence-electron chi connectivity index (χ4n) is 2.44. The summed E-state index contributed by atoms with van der Waals surface area (Å²) in [5, 5.41) is 21.6. The third kappa shape index (κ3) is 4.59. The highest BCUT2D eigenvalue weighted by Crippen LogP contribution is 2.25. The summed E-state index contributed by atoms with van der Waals surface area (Å²) in [6.07, 6.45) is 0. The largest absolute Gasteiger partial charge is 0.504 e. The van der Waals surface area contributed by atoms with Crippen LogP contribution in [-0.2, 0) is 11.3 Å². The fourth-order valence-corrected chi connectivity index (χ4v) is 2.44. The molecule has 2 aromatic rings. The minimum atomic E-state index is -0.367. The highest BCUT2D eigenvalue weighted by molar-refractivity contribution is 5.97. The number of amides is 1. The van der Waals surface area contributed by atoms with Crippen molar-refractivity contribution in [2.24, 2.45) is 5.92 Å². The molecule has 25 heavy (non-hydrogen) atoms. The van der Waals surface area contributed by atoms with Gasteiger partial charge in [0, 0.05) is 18.0 Å². The number of aromatic hydroxyl groups is 2. The van der Waals surface area contributed by atoms with E-state index in [-0.39, 0.29) is 41.6 Å². The molecule has 1 atom stereocenters. The van der Waals surface area contributed by atoms with Crippen molar-refractivity contribution >= 4 is 11.7 Å². The summed E-state index contributed by atoms with van der Waals surface area (Å²) in [5.41, 5.74) is 2.16. The number of phenolic OH excluding ortho intramolecular Hbond substituents is 2. The molecule has 0 aliphatic rings. The molecular formula is C20H23NO4. The lowest BCUT2D eigenvalue weighted by Crippen LogP contribution is -2.27. The SMILES string of the molecule is CC(C)C(=O)c1ccc(C(C)C(=O)NCc2ccc(O)c(O)c2)cc1. The molecule has 0 aliphatic carbocycles. The molecular weight excluding hydrogens is 318 g/mol. The van der Waals surface area contributed by atoms with Crippen LogP contribution in [0.4, 0.5) is 0 Å². The summed E-state index contributed by atoms with van der Waals surface area (Å²) in [6.45, 7) is 5.75. The maximum absolute atomic E-state index is 12.3. The number of ketones is 1. The average Bonchev–Trinajstić information content (AvgIpc) is 2.61. The lowest BCUT2D eigenvalue weighted by atomic mass is 9.95. The van der Waals surface area contributed by atoms with Crippen molar-refractivity contribution in [3.63, 3.8) is 0 Å². The zero-order chi connectivity index (χ0) is 18.6. The van der Waals surface area contributed by atoms with Crippen LogP contribution in [0, 0.1) is 5.92 Å². The maximum Gasteiger partial charge on any atom is 0.227 e. The Morgan fingerprint density at radius 2 is 1.60 bits per heavy atom. The highest BCUT2D eigenvalue weighted by Gasteiger charge is 2.16. The van der Waals surface area contributed by atoms with Crippen LogP contribution >= 0.6 is 0 Å². The zero-order valence-electron chi connectivity index (χ0n) is 14.6. The van der Waals surface area contributed by atoms with Crippen molar-refractivity contribution in [2.75, 3.05) is 0 Å². The number of carbonyl (C=O) groups is 2. The van der Waals surface area contributed by atoms with Gasteiger partial charge in [-0.05, 0) is 30.2 Å². The first kappa shape index (κ1) is 18.5. The van der Waals surface area contributed by atoms with E-state index in [1.807, 2.05) is 13.8 Å². The Bertz CT molecular complexity index is 766. The van der Waals surface area contributed by atoms with Gasteiger partial charge < -0.3 is 15.5 Å². The molecule has 0 aromatic heterocycles. The second kappa shape index (κ2) is 7.83. The number of Topliss-reactive ketones (excluding diaryl/α,β-unsaturated/α-hetero) is 1. The Morgan fingerprint density at radius 3 is 2.16 bits per heavy atom. The number of hydrogen-bond donors (Lipinski definition) is 3. The van der Waals surface area contributed by atoms with Crippen LogP contribution in [-0.4, -0.2) is 21.9 Å². The quantitative estimate of drug-likeness (QED) is 0.555. The molecule has 0 spiro atoms. The van der Waals surface area contributed by atoms with Crippen molar-refractivity contribution < 1.29 is 19.8 Å². The second-order valence-corrected chi connectivity index (χ2v) is 6.40. The maximum atomic E-state index is 12.3. The minimum Gasteiger partial charge on any atom is -0.504 e. The van der Waals surface area contributed by atoms with Gasteiger partial charge in [0.25, 0.3) is 0 Å². The lowest BCUT2D eigenvalue weighted by Gasteiger charge is -2.14. The van der Waals surface area contributed by atoms with Crippen molar-refractivity contribution in [2.45, 2.75) is 33.2 Å². The molecule has 0 heterocycles. The Balaban J connectivity index is 1.99. The smallest absolute Gasteiger partial charge is 0.227 e. The van der Waals surface area contributed by atoms with Gasteiger partial charge in [-0.3, -0.25) is 9.59 Å². The Morgan fingerprint density at radius 1 is 0.960 bits per heavy atom. The van der Waals surface area contributed by atoms with E-state index in [9.17, 15) is 19.8 Å². The molecule has 2 aromatic carbocycles. The van der Waals surface area contributed by atoms with E-state index >= 15 is 0 Å². The van der Waals surface area contributed by atoms with E-state index in [0.717, 1.165) is 5.56 Å². The topological polar surface area (TPSA) is 86.6 Å². The van der Waals surface area contributed by atoms with Gasteiger partial charge >= 0.3 is 0 Å². The van der Waals surface area contributed by atoms with Crippen LogP contribution in [0.5, 0.6) is 11.5 Å². The molecule has 1 unspecified atom stereocenters. The van der Waals surface area contributed by atoms with E-state index in [2.05, 4.69) is 5.32 Å². The van der Waals surface area contributed by atoms with Gasteiger partial charge in [0.2, 0.25) is 5.91 Å². The van der Waals surface area contributed by atoms with Crippen LogP contribution in [0.3, 0.4) is 0 Å². The van der Waals surface area contributed by atoms with Gasteiger partial charge in [0.1, 0.15) is 0 Å². The molecule has 5 heteroatoms. The summed E-state index contributed by atoms with van der Waals surface area (Å²) in [6, 6.07) is 11.5. The first-order valence-electron chi connectivity index (χ1n) is 8.22. The molecule has 0 saturated heterocycles.